The van der Waals surface area contributed by atoms with E-state index in [1.165, 1.54) is 11.8 Å². The summed E-state index contributed by atoms with van der Waals surface area (Å²) in [7, 11) is 0. The summed E-state index contributed by atoms with van der Waals surface area (Å²) in [4.78, 5) is 13.7. The second-order valence-corrected chi connectivity index (χ2v) is 8.65. The number of amides is 1. The Kier molecular flexibility index (Phi) is 6.02. The minimum Gasteiger partial charge on any atom is -0.362 e. The molecule has 5 nitrogen and oxygen atoms in total. The van der Waals surface area contributed by atoms with Crippen LogP contribution in [0.15, 0.2) is 64.0 Å². The van der Waals surface area contributed by atoms with Crippen molar-refractivity contribution in [2.24, 2.45) is 0 Å². The van der Waals surface area contributed by atoms with E-state index in [2.05, 4.69) is 31.7 Å². The highest BCUT2D eigenvalue weighted by molar-refractivity contribution is 9.10. The number of hydrogen-bond acceptors (Lipinski definition) is 4. The Balaban J connectivity index is 1.71. The van der Waals surface area contributed by atoms with E-state index in [-0.39, 0.29) is 22.4 Å². The van der Waals surface area contributed by atoms with Crippen molar-refractivity contribution in [1.82, 2.24) is 9.78 Å². The van der Waals surface area contributed by atoms with Gasteiger partial charge in [0, 0.05) is 11.3 Å². The topological polar surface area (TPSA) is 59.0 Å². The van der Waals surface area contributed by atoms with E-state index in [1.807, 2.05) is 24.5 Å². The second kappa shape index (κ2) is 8.58. The van der Waals surface area contributed by atoms with Gasteiger partial charge in [0.2, 0.25) is 0 Å². The molecule has 4 rings (SSSR count). The fourth-order valence-electron chi connectivity index (χ4n) is 3.57. The molecule has 0 fully saturated rings. The zero-order valence-corrected chi connectivity index (χ0v) is 18.7. The van der Waals surface area contributed by atoms with Crippen molar-refractivity contribution < 1.29 is 18.0 Å². The molecule has 0 saturated carbocycles. The number of nitrogens with one attached hydrogen (secondary N) is 2. The van der Waals surface area contributed by atoms with Crippen molar-refractivity contribution in [2.75, 3.05) is 16.9 Å². The Bertz CT molecular complexity index is 1100. The van der Waals surface area contributed by atoms with Gasteiger partial charge in [0.25, 0.3) is 5.91 Å². The summed E-state index contributed by atoms with van der Waals surface area (Å²) in [6, 6.07) is 13.7. The van der Waals surface area contributed by atoms with E-state index in [0.717, 1.165) is 15.1 Å². The van der Waals surface area contributed by atoms with Crippen molar-refractivity contribution in [3.63, 3.8) is 0 Å². The predicted molar refractivity (Wildman–Crippen MR) is 119 cm³/mol. The van der Waals surface area contributed by atoms with E-state index in [9.17, 15) is 18.0 Å². The summed E-state index contributed by atoms with van der Waals surface area (Å²) in [5.74, 6) is -0.458. The smallest absolute Gasteiger partial charge is 0.362 e. The number of fused-ring (bicyclic) bond motifs is 1. The monoisotopic (exact) mass is 510 g/mol. The number of carbonyl (C=O) groups excluding carboxylic acids is 1. The number of thioether (sulfide) groups is 1. The summed E-state index contributed by atoms with van der Waals surface area (Å²) in [6.45, 7) is 0. The lowest BCUT2D eigenvalue weighted by Crippen LogP contribution is -2.35. The summed E-state index contributed by atoms with van der Waals surface area (Å²) in [6.07, 6.45) is -2.88. The lowest BCUT2D eigenvalue weighted by atomic mass is 9.97. The molecular weight excluding hydrogens is 493 g/mol. The zero-order chi connectivity index (χ0) is 22.2. The first kappa shape index (κ1) is 21.8. The fraction of sp³-hybridized carbons (Fsp3) is 0.238. The maximum Gasteiger partial charge on any atom is 0.410 e. The van der Waals surface area contributed by atoms with Crippen LogP contribution in [0.4, 0.5) is 24.7 Å². The normalized spacial score (nSPS) is 18.2. The van der Waals surface area contributed by atoms with E-state index < -0.39 is 24.2 Å². The van der Waals surface area contributed by atoms with Crippen molar-refractivity contribution in [1.29, 1.82) is 0 Å². The molecule has 0 unspecified atom stereocenters. The van der Waals surface area contributed by atoms with Gasteiger partial charge in [-0.05, 0) is 39.9 Å². The van der Waals surface area contributed by atoms with Gasteiger partial charge in [0.1, 0.15) is 5.82 Å². The molecule has 10 heteroatoms. The quantitative estimate of drug-likeness (QED) is 0.405. The van der Waals surface area contributed by atoms with Gasteiger partial charge >= 0.3 is 6.18 Å². The number of anilines is 2. The van der Waals surface area contributed by atoms with Crippen LogP contribution in [-0.2, 0) is 0 Å². The number of carbonyl (C=O) groups is 1. The first-order chi connectivity index (χ1) is 14.8. The molecule has 2 N–H and O–H groups in total. The number of benzene rings is 2. The van der Waals surface area contributed by atoms with Crippen molar-refractivity contribution in [3.05, 3.63) is 70.3 Å². The van der Waals surface area contributed by atoms with Crippen LogP contribution in [0.2, 0.25) is 0 Å². The van der Waals surface area contributed by atoms with Gasteiger partial charge in [-0.3, -0.25) is 4.79 Å². The third-order valence-corrected chi connectivity index (χ3v) is 6.61. The number of alkyl halides is 3. The molecule has 0 spiro atoms. The lowest BCUT2D eigenvalue weighted by Gasteiger charge is -2.33. The molecule has 2 heterocycles. The van der Waals surface area contributed by atoms with Crippen LogP contribution in [0.3, 0.4) is 0 Å². The maximum absolute atomic E-state index is 13.9. The Labute approximate surface area is 189 Å². The summed E-state index contributed by atoms with van der Waals surface area (Å²) in [5, 5.41) is 9.91. The van der Waals surface area contributed by atoms with Gasteiger partial charge in [-0.1, -0.05) is 42.5 Å². The predicted octanol–water partition coefficient (Wildman–Crippen LogP) is 6.28. The van der Waals surface area contributed by atoms with Crippen molar-refractivity contribution >= 4 is 45.1 Å². The van der Waals surface area contributed by atoms with Crippen LogP contribution >= 0.6 is 27.7 Å². The second-order valence-electron chi connectivity index (χ2n) is 7.01. The summed E-state index contributed by atoms with van der Waals surface area (Å²) < 4.78 is 42.7. The standard InChI is InChI=1S/C21H18BrF3N4OS/c1-31-15-10-6-5-9-13(15)27-20(30)18-17(22)19-26-14(12-7-3-2-4-8-12)11-16(21(23,24)25)29(19)28-18/h2-10,14,16,26H,11H2,1H3,(H,27,30)/t14-,16+/m1/s1. The Morgan fingerprint density at radius 2 is 1.87 bits per heavy atom. The average molecular weight is 511 g/mol. The highest BCUT2D eigenvalue weighted by Crippen LogP contribution is 2.46. The number of nitrogens with zero attached hydrogens (tertiary/aromatic N) is 2. The number of aromatic nitrogens is 2. The van der Waals surface area contributed by atoms with Gasteiger partial charge in [0.05, 0.1) is 16.2 Å². The summed E-state index contributed by atoms with van der Waals surface area (Å²) in [5.41, 5.74) is 1.19. The van der Waals surface area contributed by atoms with Crippen molar-refractivity contribution in [3.8, 4) is 0 Å². The Morgan fingerprint density at radius 1 is 1.19 bits per heavy atom. The highest BCUT2D eigenvalue weighted by Gasteiger charge is 2.47. The third kappa shape index (κ3) is 4.31. The molecule has 0 saturated heterocycles. The van der Waals surface area contributed by atoms with Crippen molar-refractivity contribution in [2.45, 2.75) is 29.6 Å². The SMILES string of the molecule is CSc1ccccc1NC(=O)c1nn2c(c1Br)N[C@@H](c1ccccc1)C[C@H]2C(F)(F)F. The molecule has 1 amide bonds. The number of rotatable bonds is 4. The number of hydrogen-bond donors (Lipinski definition) is 2. The highest BCUT2D eigenvalue weighted by atomic mass is 79.9. The minimum absolute atomic E-state index is 0.110. The van der Waals surface area contributed by atoms with Gasteiger partial charge < -0.3 is 10.6 Å². The molecule has 162 valence electrons. The molecule has 2 atom stereocenters. The van der Waals surface area contributed by atoms with Crippen LogP contribution in [0.25, 0.3) is 0 Å². The summed E-state index contributed by atoms with van der Waals surface area (Å²) >= 11 is 4.75. The third-order valence-electron chi connectivity index (χ3n) is 5.07. The van der Waals surface area contributed by atoms with Gasteiger partial charge in [-0.2, -0.15) is 18.3 Å². The van der Waals surface area contributed by atoms with E-state index in [1.54, 1.807) is 36.4 Å². The molecule has 2 aromatic carbocycles. The molecule has 0 aliphatic carbocycles. The lowest BCUT2D eigenvalue weighted by molar-refractivity contribution is -0.173. The molecule has 0 bridgehead atoms. The molecule has 0 radical (unpaired) electrons. The first-order valence-electron chi connectivity index (χ1n) is 9.40. The van der Waals surface area contributed by atoms with E-state index in [4.69, 9.17) is 0 Å². The van der Waals surface area contributed by atoms with Crippen LogP contribution in [0, 0.1) is 0 Å². The molecule has 1 aromatic heterocycles. The minimum atomic E-state index is -4.52. The molecular formula is C21H18BrF3N4OS. The molecule has 31 heavy (non-hydrogen) atoms. The van der Waals surface area contributed by atoms with E-state index in [0.29, 0.717) is 5.69 Å². The average Bonchev–Trinajstić information content (AvgIpc) is 3.10. The molecule has 1 aliphatic heterocycles. The largest absolute Gasteiger partial charge is 0.410 e. The van der Waals surface area contributed by atoms with Crippen LogP contribution in [-0.4, -0.2) is 28.1 Å². The Morgan fingerprint density at radius 3 is 2.55 bits per heavy atom. The van der Waals surface area contributed by atoms with Crippen LogP contribution in [0.1, 0.15) is 34.6 Å². The molecule has 3 aromatic rings. The van der Waals surface area contributed by atoms with Gasteiger partial charge in [-0.25, -0.2) is 4.68 Å². The number of para-hydroxylation sites is 1. The molecule has 1 aliphatic rings. The first-order valence-corrected chi connectivity index (χ1v) is 11.4. The zero-order valence-electron chi connectivity index (χ0n) is 16.3. The van der Waals surface area contributed by atoms with Gasteiger partial charge in [-0.15, -0.1) is 11.8 Å². The van der Waals surface area contributed by atoms with Crippen LogP contribution < -0.4 is 10.6 Å². The Hall–Kier alpha value is -2.46. The van der Waals surface area contributed by atoms with E-state index >= 15 is 0 Å². The van der Waals surface area contributed by atoms with Gasteiger partial charge in [0.15, 0.2) is 11.7 Å². The van der Waals surface area contributed by atoms with Crippen LogP contribution in [0.5, 0.6) is 0 Å². The number of halogens is 4. The maximum atomic E-state index is 13.9. The fourth-order valence-corrected chi connectivity index (χ4v) is 4.68.